The number of aryl methyl sites for hydroxylation is 1. The van der Waals surface area contributed by atoms with E-state index in [2.05, 4.69) is 24.4 Å². The third-order valence-corrected chi connectivity index (χ3v) is 3.67. The quantitative estimate of drug-likeness (QED) is 0.838. The van der Waals surface area contributed by atoms with Gasteiger partial charge in [0.25, 0.3) is 0 Å². The van der Waals surface area contributed by atoms with Crippen LogP contribution in [0.15, 0.2) is 24.3 Å². The Morgan fingerprint density at radius 3 is 2.47 bits per heavy atom. The molecule has 1 aliphatic rings. The number of rotatable bonds is 4. The van der Waals surface area contributed by atoms with Gasteiger partial charge in [0, 0.05) is 12.6 Å². The zero-order valence-electron chi connectivity index (χ0n) is 10.7. The molecule has 0 heterocycles. The Morgan fingerprint density at radius 1 is 1.18 bits per heavy atom. The third-order valence-electron chi connectivity index (χ3n) is 3.67. The van der Waals surface area contributed by atoms with Crippen molar-refractivity contribution >= 4 is 0 Å². The fraction of sp³-hybridized carbons (Fsp3) is 0.600. The van der Waals surface area contributed by atoms with Gasteiger partial charge in [0.2, 0.25) is 0 Å². The van der Waals surface area contributed by atoms with Crippen LogP contribution in [0.25, 0.3) is 0 Å². The van der Waals surface area contributed by atoms with Crippen LogP contribution in [-0.2, 0) is 0 Å². The van der Waals surface area contributed by atoms with Crippen LogP contribution in [0.2, 0.25) is 0 Å². The fourth-order valence-corrected chi connectivity index (χ4v) is 2.49. The zero-order chi connectivity index (χ0) is 12.1. The molecule has 17 heavy (non-hydrogen) atoms. The number of benzene rings is 1. The second-order valence-corrected chi connectivity index (χ2v) is 5.17. The molecule has 1 unspecified atom stereocenters. The Morgan fingerprint density at radius 2 is 1.82 bits per heavy atom. The minimum atomic E-state index is -0.377. The van der Waals surface area contributed by atoms with E-state index < -0.39 is 0 Å². The summed E-state index contributed by atoms with van der Waals surface area (Å²) in [6, 6.07) is 8.76. The largest absolute Gasteiger partial charge is 0.387 e. The van der Waals surface area contributed by atoms with Gasteiger partial charge in [-0.05, 0) is 25.3 Å². The van der Waals surface area contributed by atoms with Gasteiger partial charge in [-0.2, -0.15) is 0 Å². The second kappa shape index (κ2) is 6.18. The van der Waals surface area contributed by atoms with Crippen LogP contribution < -0.4 is 5.32 Å². The SMILES string of the molecule is Cc1ccc(C(O)CNC2CCCCC2)cc1. The standard InChI is InChI=1S/C15H23NO/c1-12-7-9-13(10-8-12)15(17)11-16-14-5-3-2-4-6-14/h7-10,14-17H,2-6,11H2,1H3. The Kier molecular flexibility index (Phi) is 4.57. The Bertz CT molecular complexity index is 327. The molecule has 0 aliphatic heterocycles. The molecule has 2 N–H and O–H groups in total. The van der Waals surface area contributed by atoms with Gasteiger partial charge in [-0.1, -0.05) is 49.1 Å². The van der Waals surface area contributed by atoms with Crippen LogP contribution >= 0.6 is 0 Å². The molecule has 0 amide bonds. The molecule has 0 saturated heterocycles. The van der Waals surface area contributed by atoms with Crippen LogP contribution in [0.3, 0.4) is 0 Å². The molecule has 2 heteroatoms. The van der Waals surface area contributed by atoms with Crippen LogP contribution in [0.1, 0.15) is 49.3 Å². The summed E-state index contributed by atoms with van der Waals surface area (Å²) in [6.45, 7) is 2.74. The lowest BCUT2D eigenvalue weighted by atomic mass is 9.95. The molecular formula is C15H23NO. The van der Waals surface area contributed by atoms with E-state index in [4.69, 9.17) is 0 Å². The van der Waals surface area contributed by atoms with Crippen molar-refractivity contribution in [3.05, 3.63) is 35.4 Å². The number of aliphatic hydroxyl groups excluding tert-OH is 1. The van der Waals surface area contributed by atoms with Crippen LogP contribution in [0, 0.1) is 6.92 Å². The topological polar surface area (TPSA) is 32.3 Å². The molecule has 1 aromatic rings. The molecule has 0 aromatic heterocycles. The van der Waals surface area contributed by atoms with Gasteiger partial charge in [-0.15, -0.1) is 0 Å². The molecule has 2 rings (SSSR count). The van der Waals surface area contributed by atoms with E-state index in [0.29, 0.717) is 12.6 Å². The Labute approximate surface area is 104 Å². The first-order valence-corrected chi connectivity index (χ1v) is 6.74. The smallest absolute Gasteiger partial charge is 0.0914 e. The maximum Gasteiger partial charge on any atom is 0.0914 e. The Balaban J connectivity index is 1.80. The number of hydrogen-bond acceptors (Lipinski definition) is 2. The third kappa shape index (κ3) is 3.83. The van der Waals surface area contributed by atoms with Crippen LogP contribution in [-0.4, -0.2) is 17.7 Å². The van der Waals surface area contributed by atoms with Crippen LogP contribution in [0.5, 0.6) is 0 Å². The van der Waals surface area contributed by atoms with Gasteiger partial charge in [0.1, 0.15) is 0 Å². The highest BCUT2D eigenvalue weighted by molar-refractivity contribution is 5.23. The minimum Gasteiger partial charge on any atom is -0.387 e. The van der Waals surface area contributed by atoms with Gasteiger partial charge in [0.05, 0.1) is 6.10 Å². The van der Waals surface area contributed by atoms with Crippen LogP contribution in [0.4, 0.5) is 0 Å². The first-order chi connectivity index (χ1) is 8.25. The highest BCUT2D eigenvalue weighted by Gasteiger charge is 2.14. The van der Waals surface area contributed by atoms with Crippen molar-refractivity contribution < 1.29 is 5.11 Å². The Hall–Kier alpha value is -0.860. The molecule has 1 atom stereocenters. The van der Waals surface area contributed by atoms with Crippen molar-refractivity contribution in [3.8, 4) is 0 Å². The summed E-state index contributed by atoms with van der Waals surface area (Å²) in [7, 11) is 0. The molecule has 0 radical (unpaired) electrons. The average Bonchev–Trinajstić information content (AvgIpc) is 2.38. The average molecular weight is 233 g/mol. The van der Waals surface area contributed by atoms with E-state index in [-0.39, 0.29) is 6.10 Å². The molecule has 0 bridgehead atoms. The molecule has 1 fully saturated rings. The molecule has 1 saturated carbocycles. The van der Waals surface area contributed by atoms with E-state index >= 15 is 0 Å². The first kappa shape index (κ1) is 12.6. The number of hydrogen-bond donors (Lipinski definition) is 2. The monoisotopic (exact) mass is 233 g/mol. The summed E-state index contributed by atoms with van der Waals surface area (Å²) in [4.78, 5) is 0. The van der Waals surface area contributed by atoms with Crippen molar-refractivity contribution in [2.75, 3.05) is 6.54 Å². The molecule has 94 valence electrons. The van der Waals surface area contributed by atoms with Gasteiger partial charge < -0.3 is 10.4 Å². The zero-order valence-corrected chi connectivity index (χ0v) is 10.7. The predicted octanol–water partition coefficient (Wildman–Crippen LogP) is 2.95. The van der Waals surface area contributed by atoms with Crippen molar-refractivity contribution in [1.82, 2.24) is 5.32 Å². The summed E-state index contributed by atoms with van der Waals surface area (Å²) >= 11 is 0. The maximum absolute atomic E-state index is 10.1. The van der Waals surface area contributed by atoms with Crippen molar-refractivity contribution in [2.45, 2.75) is 51.2 Å². The number of nitrogens with one attached hydrogen (secondary N) is 1. The van der Waals surface area contributed by atoms with Crippen molar-refractivity contribution in [1.29, 1.82) is 0 Å². The van der Waals surface area contributed by atoms with Crippen molar-refractivity contribution in [3.63, 3.8) is 0 Å². The van der Waals surface area contributed by atoms with Gasteiger partial charge in [-0.25, -0.2) is 0 Å². The lowest BCUT2D eigenvalue weighted by Gasteiger charge is -2.24. The summed E-state index contributed by atoms with van der Waals surface area (Å²) in [5.74, 6) is 0. The predicted molar refractivity (Wildman–Crippen MR) is 71.0 cm³/mol. The molecular weight excluding hydrogens is 210 g/mol. The lowest BCUT2D eigenvalue weighted by molar-refractivity contribution is 0.165. The number of aliphatic hydroxyl groups is 1. The van der Waals surface area contributed by atoms with Gasteiger partial charge >= 0.3 is 0 Å². The highest BCUT2D eigenvalue weighted by atomic mass is 16.3. The van der Waals surface area contributed by atoms with Gasteiger partial charge in [-0.3, -0.25) is 0 Å². The van der Waals surface area contributed by atoms with Gasteiger partial charge in [0.15, 0.2) is 0 Å². The highest BCUT2D eigenvalue weighted by Crippen LogP contribution is 2.19. The van der Waals surface area contributed by atoms with Crippen molar-refractivity contribution in [2.24, 2.45) is 0 Å². The second-order valence-electron chi connectivity index (χ2n) is 5.17. The maximum atomic E-state index is 10.1. The van der Waals surface area contributed by atoms with E-state index in [0.717, 1.165) is 5.56 Å². The molecule has 1 aliphatic carbocycles. The normalized spacial score (nSPS) is 19.2. The van der Waals surface area contributed by atoms with E-state index in [1.165, 1.54) is 37.7 Å². The van der Waals surface area contributed by atoms with E-state index in [1.54, 1.807) is 0 Å². The first-order valence-electron chi connectivity index (χ1n) is 6.74. The molecule has 1 aromatic carbocycles. The van der Waals surface area contributed by atoms with E-state index in [1.807, 2.05) is 12.1 Å². The van der Waals surface area contributed by atoms with E-state index in [9.17, 15) is 5.11 Å². The minimum absolute atomic E-state index is 0.377. The summed E-state index contributed by atoms with van der Waals surface area (Å²) in [6.07, 6.45) is 6.19. The summed E-state index contributed by atoms with van der Waals surface area (Å²) < 4.78 is 0. The fourth-order valence-electron chi connectivity index (χ4n) is 2.49. The summed E-state index contributed by atoms with van der Waals surface area (Å²) in [5, 5.41) is 13.6. The lowest BCUT2D eigenvalue weighted by Crippen LogP contribution is -2.34. The summed E-state index contributed by atoms with van der Waals surface area (Å²) in [5.41, 5.74) is 2.25. The molecule has 2 nitrogen and oxygen atoms in total. The molecule has 0 spiro atoms.